The van der Waals surface area contributed by atoms with E-state index in [4.69, 9.17) is 10.5 Å². The zero-order chi connectivity index (χ0) is 17.4. The van der Waals surface area contributed by atoms with Crippen LogP contribution in [0.15, 0.2) is 30.3 Å². The van der Waals surface area contributed by atoms with E-state index in [1.165, 1.54) is 18.4 Å². The lowest BCUT2D eigenvalue weighted by atomic mass is 9.95. The molecule has 26 heavy (non-hydrogen) atoms. The van der Waals surface area contributed by atoms with Crippen molar-refractivity contribution >= 4 is 30.7 Å². The molecule has 2 unspecified atom stereocenters. The number of ether oxygens (including phenoxy) is 1. The van der Waals surface area contributed by atoms with Gasteiger partial charge in [-0.1, -0.05) is 37.3 Å². The molecule has 1 saturated heterocycles. The van der Waals surface area contributed by atoms with Gasteiger partial charge in [-0.2, -0.15) is 0 Å². The van der Waals surface area contributed by atoms with Crippen molar-refractivity contribution < 1.29 is 9.53 Å². The van der Waals surface area contributed by atoms with Crippen LogP contribution in [-0.2, 0) is 9.53 Å². The Morgan fingerprint density at radius 3 is 2.42 bits per heavy atom. The molecule has 7 heteroatoms. The van der Waals surface area contributed by atoms with Crippen LogP contribution in [0, 0.1) is 5.92 Å². The predicted octanol–water partition coefficient (Wildman–Crippen LogP) is 2.78. The molecule has 3 N–H and O–H groups in total. The first kappa shape index (κ1) is 25.1. The molecule has 0 bridgehead atoms. The van der Waals surface area contributed by atoms with E-state index in [-0.39, 0.29) is 42.9 Å². The van der Waals surface area contributed by atoms with Crippen molar-refractivity contribution in [2.75, 3.05) is 33.3 Å². The van der Waals surface area contributed by atoms with Gasteiger partial charge in [0.25, 0.3) is 0 Å². The van der Waals surface area contributed by atoms with Gasteiger partial charge in [0.1, 0.15) is 0 Å². The summed E-state index contributed by atoms with van der Waals surface area (Å²) in [6, 6.07) is 10.7. The van der Waals surface area contributed by atoms with Gasteiger partial charge in [-0.15, -0.1) is 24.8 Å². The van der Waals surface area contributed by atoms with Crippen LogP contribution in [0.4, 0.5) is 0 Å². The van der Waals surface area contributed by atoms with E-state index in [0.717, 1.165) is 19.0 Å². The summed E-state index contributed by atoms with van der Waals surface area (Å²) in [5, 5.41) is 3.07. The molecule has 150 valence electrons. The molecule has 0 aliphatic carbocycles. The van der Waals surface area contributed by atoms with Crippen LogP contribution in [0.2, 0.25) is 0 Å². The van der Waals surface area contributed by atoms with Gasteiger partial charge in [0.15, 0.2) is 0 Å². The highest BCUT2D eigenvalue weighted by Gasteiger charge is 2.25. The Kier molecular flexibility index (Phi) is 12.9. The number of amides is 1. The molecule has 1 aliphatic rings. The minimum absolute atomic E-state index is 0. The van der Waals surface area contributed by atoms with Crippen LogP contribution in [0.1, 0.15) is 37.8 Å². The third-order valence-corrected chi connectivity index (χ3v) is 4.95. The van der Waals surface area contributed by atoms with E-state index in [0.29, 0.717) is 19.5 Å². The molecule has 1 heterocycles. The van der Waals surface area contributed by atoms with Gasteiger partial charge in [0, 0.05) is 20.2 Å². The topological polar surface area (TPSA) is 67.6 Å². The molecule has 0 aromatic heterocycles. The van der Waals surface area contributed by atoms with Gasteiger partial charge < -0.3 is 15.8 Å². The van der Waals surface area contributed by atoms with Crippen LogP contribution in [0.25, 0.3) is 0 Å². The summed E-state index contributed by atoms with van der Waals surface area (Å²) in [7, 11) is 1.59. The van der Waals surface area contributed by atoms with E-state index in [9.17, 15) is 4.79 Å². The number of nitrogens with zero attached hydrogens (tertiary/aromatic N) is 1. The average molecular weight is 406 g/mol. The highest BCUT2D eigenvalue weighted by molar-refractivity contribution is 5.85. The van der Waals surface area contributed by atoms with Gasteiger partial charge in [-0.3, -0.25) is 9.69 Å². The second-order valence-corrected chi connectivity index (χ2v) is 6.75. The first-order chi connectivity index (χ1) is 11.6. The summed E-state index contributed by atoms with van der Waals surface area (Å²) >= 11 is 0. The third kappa shape index (κ3) is 7.80. The van der Waals surface area contributed by atoms with Gasteiger partial charge in [-0.25, -0.2) is 0 Å². The van der Waals surface area contributed by atoms with Crippen molar-refractivity contribution in [2.45, 2.75) is 38.3 Å². The minimum atomic E-state index is -0.212. The van der Waals surface area contributed by atoms with E-state index in [1.807, 2.05) is 6.07 Å². The number of benzene rings is 1. The lowest BCUT2D eigenvalue weighted by molar-refractivity contribution is -0.123. The number of carbonyl (C=O) groups excluding carboxylic acids is 1. The van der Waals surface area contributed by atoms with Crippen LogP contribution in [-0.4, -0.2) is 50.2 Å². The maximum absolute atomic E-state index is 12.2. The number of halogens is 2. The van der Waals surface area contributed by atoms with Crippen molar-refractivity contribution in [3.05, 3.63) is 35.9 Å². The number of piperidine rings is 1. The summed E-state index contributed by atoms with van der Waals surface area (Å²) in [5.41, 5.74) is 6.85. The van der Waals surface area contributed by atoms with Crippen LogP contribution in [0.5, 0.6) is 0 Å². The summed E-state index contributed by atoms with van der Waals surface area (Å²) in [4.78, 5) is 14.7. The molecule has 1 amide bonds. The summed E-state index contributed by atoms with van der Waals surface area (Å²) in [5.74, 6) is 0.790. The number of carbonyl (C=O) groups is 1. The number of methoxy groups -OCH3 is 1. The molecule has 1 aliphatic heterocycles. The minimum Gasteiger partial charge on any atom is -0.380 e. The SMILES string of the molecule is COC(CN)CC(=O)NCC(c1ccccc1)N1CCC(C)CC1.Cl.Cl. The number of nitrogens with one attached hydrogen (secondary N) is 1. The molecule has 0 spiro atoms. The molecule has 2 atom stereocenters. The molecule has 2 rings (SSSR count). The fraction of sp³-hybridized carbons (Fsp3) is 0.632. The first-order valence-corrected chi connectivity index (χ1v) is 8.92. The Morgan fingerprint density at radius 1 is 1.27 bits per heavy atom. The first-order valence-electron chi connectivity index (χ1n) is 8.92. The van der Waals surface area contributed by atoms with Crippen LogP contribution < -0.4 is 11.1 Å². The Hall–Kier alpha value is -0.850. The number of likely N-dealkylation sites (tertiary alicyclic amines) is 1. The Labute approximate surface area is 169 Å². The molecular weight excluding hydrogens is 373 g/mol. The molecule has 5 nitrogen and oxygen atoms in total. The van der Waals surface area contributed by atoms with Gasteiger partial charge in [0.05, 0.1) is 18.6 Å². The fourth-order valence-corrected chi connectivity index (χ4v) is 3.23. The average Bonchev–Trinajstić information content (AvgIpc) is 2.62. The van der Waals surface area contributed by atoms with E-state index in [2.05, 4.69) is 41.4 Å². The highest BCUT2D eigenvalue weighted by atomic mass is 35.5. The summed E-state index contributed by atoms with van der Waals surface area (Å²) in [6.07, 6.45) is 2.54. The molecule has 0 saturated carbocycles. The molecule has 1 aromatic rings. The van der Waals surface area contributed by atoms with Gasteiger partial charge in [0.2, 0.25) is 5.91 Å². The van der Waals surface area contributed by atoms with Crippen molar-refractivity contribution in [3.63, 3.8) is 0 Å². The van der Waals surface area contributed by atoms with Crippen molar-refractivity contribution in [2.24, 2.45) is 11.7 Å². The van der Waals surface area contributed by atoms with Gasteiger partial charge in [-0.05, 0) is 37.4 Å². The Morgan fingerprint density at radius 2 is 1.88 bits per heavy atom. The lowest BCUT2D eigenvalue weighted by Gasteiger charge is -2.37. The zero-order valence-electron chi connectivity index (χ0n) is 15.7. The van der Waals surface area contributed by atoms with Crippen LogP contribution >= 0.6 is 24.8 Å². The lowest BCUT2D eigenvalue weighted by Crippen LogP contribution is -2.42. The standard InChI is InChI=1S/C19H31N3O2.2ClH/c1-15-8-10-22(11-9-15)18(16-6-4-3-5-7-16)14-21-19(23)12-17(13-20)24-2;;/h3-7,15,17-18H,8-14,20H2,1-2H3,(H,21,23);2*1H. The maximum Gasteiger partial charge on any atom is 0.222 e. The molecule has 1 fully saturated rings. The van der Waals surface area contributed by atoms with Crippen molar-refractivity contribution in [1.82, 2.24) is 10.2 Å². The largest absolute Gasteiger partial charge is 0.380 e. The zero-order valence-corrected chi connectivity index (χ0v) is 17.4. The maximum atomic E-state index is 12.2. The molecule has 1 aromatic carbocycles. The highest BCUT2D eigenvalue weighted by Crippen LogP contribution is 2.26. The van der Waals surface area contributed by atoms with Crippen molar-refractivity contribution in [1.29, 1.82) is 0 Å². The fourth-order valence-electron chi connectivity index (χ4n) is 3.23. The normalized spacial score (nSPS) is 17.5. The smallest absolute Gasteiger partial charge is 0.222 e. The van der Waals surface area contributed by atoms with Crippen LogP contribution in [0.3, 0.4) is 0 Å². The molecule has 0 radical (unpaired) electrons. The number of hydrogen-bond acceptors (Lipinski definition) is 4. The van der Waals surface area contributed by atoms with Gasteiger partial charge >= 0.3 is 0 Å². The second-order valence-electron chi connectivity index (χ2n) is 6.75. The molecular formula is C19H33Cl2N3O2. The number of hydrogen-bond donors (Lipinski definition) is 2. The Bertz CT molecular complexity index is 493. The summed E-state index contributed by atoms with van der Waals surface area (Å²) < 4.78 is 5.19. The van der Waals surface area contributed by atoms with E-state index >= 15 is 0 Å². The third-order valence-electron chi connectivity index (χ3n) is 4.95. The Balaban J connectivity index is 0.00000312. The predicted molar refractivity (Wildman–Crippen MR) is 111 cm³/mol. The quantitative estimate of drug-likeness (QED) is 0.697. The van der Waals surface area contributed by atoms with E-state index in [1.54, 1.807) is 7.11 Å². The number of rotatable bonds is 8. The second kappa shape index (κ2) is 13.3. The summed E-state index contributed by atoms with van der Waals surface area (Å²) in [6.45, 7) is 5.46. The number of nitrogens with two attached hydrogens (primary N) is 1. The van der Waals surface area contributed by atoms with Crippen molar-refractivity contribution in [3.8, 4) is 0 Å². The monoisotopic (exact) mass is 405 g/mol. The van der Waals surface area contributed by atoms with E-state index < -0.39 is 0 Å².